The number of benzene rings is 3. The zero-order valence-corrected chi connectivity index (χ0v) is 19.9. The van der Waals surface area contributed by atoms with Crippen molar-refractivity contribution in [1.82, 2.24) is 9.29 Å². The van der Waals surface area contributed by atoms with Crippen LogP contribution in [-0.4, -0.2) is 24.2 Å². The molecule has 1 heterocycles. The lowest BCUT2D eigenvalue weighted by molar-refractivity contribution is 0.00779. The van der Waals surface area contributed by atoms with E-state index >= 15 is 0 Å². The third-order valence-corrected chi connectivity index (χ3v) is 8.28. The van der Waals surface area contributed by atoms with Gasteiger partial charge in [0.25, 0.3) is 15.9 Å². The molecule has 1 N–H and O–H groups in total. The number of carbonyl (C=O) groups is 1. The molecular weight excluding hydrogens is 489 g/mol. The number of alkyl halides is 2. The van der Waals surface area contributed by atoms with Crippen molar-refractivity contribution < 1.29 is 26.4 Å². The Balaban J connectivity index is 1.40. The van der Waals surface area contributed by atoms with Crippen LogP contribution in [0.2, 0.25) is 0 Å². The predicted octanol–water partition coefficient (Wildman–Crippen LogP) is 5.85. The van der Waals surface area contributed by atoms with Crippen molar-refractivity contribution in [2.24, 2.45) is 0 Å². The molecule has 5 rings (SSSR count). The van der Waals surface area contributed by atoms with Gasteiger partial charge in [0.15, 0.2) is 0 Å². The molecule has 0 radical (unpaired) electrons. The van der Waals surface area contributed by atoms with E-state index in [1.165, 1.54) is 42.6 Å². The summed E-state index contributed by atoms with van der Waals surface area (Å²) < 4.78 is 69.0. The highest BCUT2D eigenvalue weighted by atomic mass is 32.2. The van der Waals surface area contributed by atoms with E-state index < -0.39 is 27.8 Å². The highest BCUT2D eigenvalue weighted by Gasteiger charge is 2.41. The number of nitrogens with zero attached hydrogens (tertiary/aromatic N) is 1. The van der Waals surface area contributed by atoms with Gasteiger partial charge < -0.3 is 5.32 Å². The third kappa shape index (κ3) is 4.63. The van der Waals surface area contributed by atoms with Crippen molar-refractivity contribution in [3.05, 3.63) is 102 Å². The van der Waals surface area contributed by atoms with Gasteiger partial charge in [-0.25, -0.2) is 25.6 Å². The Bertz CT molecular complexity index is 1530. The molecule has 4 aromatic rings. The zero-order valence-electron chi connectivity index (χ0n) is 19.1. The van der Waals surface area contributed by atoms with Crippen molar-refractivity contribution in [1.29, 1.82) is 0 Å². The Morgan fingerprint density at radius 2 is 1.69 bits per heavy atom. The van der Waals surface area contributed by atoms with E-state index in [1.807, 2.05) is 0 Å². The summed E-state index contributed by atoms with van der Waals surface area (Å²) in [5, 5.41) is 3.35. The van der Waals surface area contributed by atoms with Gasteiger partial charge in [-0.3, -0.25) is 4.79 Å². The smallest absolute Gasteiger partial charge is 0.268 e. The number of hydrogen-bond donors (Lipinski definition) is 1. The molecule has 1 aliphatic carbocycles. The topological polar surface area (TPSA) is 68.2 Å². The van der Waals surface area contributed by atoms with E-state index in [4.69, 9.17) is 0 Å². The normalized spacial score (nSPS) is 17.4. The minimum atomic E-state index is -4.04. The fourth-order valence-electron chi connectivity index (χ4n) is 4.69. The molecule has 0 spiro atoms. The maximum atomic E-state index is 13.9. The molecular formula is C27H23F3N2O3S. The first-order chi connectivity index (χ1) is 17.1. The number of amides is 1. The summed E-state index contributed by atoms with van der Waals surface area (Å²) in [6.45, 7) is 0.192. The molecule has 36 heavy (non-hydrogen) atoms. The highest BCUT2D eigenvalue weighted by molar-refractivity contribution is 7.90. The van der Waals surface area contributed by atoms with E-state index in [9.17, 15) is 26.4 Å². The monoisotopic (exact) mass is 512 g/mol. The number of rotatable bonds is 6. The Labute approximate surface area is 206 Å². The Morgan fingerprint density at radius 1 is 1.00 bits per heavy atom. The zero-order chi connectivity index (χ0) is 25.5. The Morgan fingerprint density at radius 3 is 2.36 bits per heavy atom. The molecule has 1 fully saturated rings. The van der Waals surface area contributed by atoms with Crippen LogP contribution in [0.1, 0.15) is 46.7 Å². The van der Waals surface area contributed by atoms with E-state index in [-0.39, 0.29) is 35.7 Å². The summed E-state index contributed by atoms with van der Waals surface area (Å²) in [7, 11) is -4.04. The van der Waals surface area contributed by atoms with Gasteiger partial charge in [0.05, 0.1) is 10.4 Å². The summed E-state index contributed by atoms with van der Waals surface area (Å²) in [5.41, 5.74) is 2.01. The molecule has 1 amide bonds. The number of fused-ring (bicyclic) bond motifs is 1. The van der Waals surface area contributed by atoms with Crippen LogP contribution in [0, 0.1) is 5.82 Å². The third-order valence-electron chi connectivity index (χ3n) is 6.59. The van der Waals surface area contributed by atoms with Gasteiger partial charge >= 0.3 is 0 Å². The van der Waals surface area contributed by atoms with Crippen LogP contribution in [0.3, 0.4) is 0 Å². The Kier molecular flexibility index (Phi) is 6.12. The number of nitrogens with one attached hydrogen (secondary N) is 1. The molecule has 1 unspecified atom stereocenters. The molecule has 9 heteroatoms. The SMILES string of the molecule is O=C(NCc1ccc(F)cc1)c1ccc(S(=O)(=O)n2cc(C3CCC(F)(F)C3)c3ccccc32)cc1. The molecule has 1 saturated carbocycles. The second-order valence-corrected chi connectivity index (χ2v) is 10.8. The van der Waals surface area contributed by atoms with Crippen molar-refractivity contribution in [2.75, 3.05) is 0 Å². The van der Waals surface area contributed by atoms with Gasteiger partial charge in [-0.15, -0.1) is 0 Å². The van der Waals surface area contributed by atoms with Crippen LogP contribution in [0.25, 0.3) is 10.9 Å². The minimum absolute atomic E-state index is 0.0263. The maximum absolute atomic E-state index is 13.9. The molecule has 1 atom stereocenters. The van der Waals surface area contributed by atoms with E-state index in [0.717, 1.165) is 9.54 Å². The van der Waals surface area contributed by atoms with Crippen LogP contribution in [-0.2, 0) is 16.6 Å². The predicted molar refractivity (Wildman–Crippen MR) is 130 cm³/mol. The number of aromatic nitrogens is 1. The number of para-hydroxylation sites is 1. The van der Waals surface area contributed by atoms with Crippen molar-refractivity contribution >= 4 is 26.8 Å². The molecule has 3 aromatic carbocycles. The average Bonchev–Trinajstić information content (AvgIpc) is 3.44. The molecule has 0 saturated heterocycles. The average molecular weight is 513 g/mol. The maximum Gasteiger partial charge on any atom is 0.268 e. The second-order valence-electron chi connectivity index (χ2n) is 9.03. The van der Waals surface area contributed by atoms with E-state index in [1.54, 1.807) is 36.4 Å². The van der Waals surface area contributed by atoms with E-state index in [0.29, 0.717) is 22.9 Å². The summed E-state index contributed by atoms with van der Waals surface area (Å²) in [6, 6.07) is 18.1. The van der Waals surface area contributed by atoms with Crippen LogP contribution < -0.4 is 5.32 Å². The van der Waals surface area contributed by atoms with Crippen LogP contribution in [0.15, 0.2) is 83.9 Å². The van der Waals surface area contributed by atoms with Gasteiger partial charge in [0, 0.05) is 36.5 Å². The molecule has 1 aliphatic rings. The fourth-order valence-corrected chi connectivity index (χ4v) is 6.07. The van der Waals surface area contributed by atoms with Crippen LogP contribution in [0.5, 0.6) is 0 Å². The van der Waals surface area contributed by atoms with Crippen molar-refractivity contribution in [2.45, 2.75) is 42.5 Å². The minimum Gasteiger partial charge on any atom is -0.348 e. The summed E-state index contributed by atoms with van der Waals surface area (Å²) in [6.07, 6.45) is 1.23. The van der Waals surface area contributed by atoms with E-state index in [2.05, 4.69) is 5.32 Å². The second kappa shape index (κ2) is 9.13. The van der Waals surface area contributed by atoms with Gasteiger partial charge in [-0.2, -0.15) is 0 Å². The molecule has 186 valence electrons. The number of hydrogen-bond acceptors (Lipinski definition) is 3. The Hall–Kier alpha value is -3.59. The molecule has 5 nitrogen and oxygen atoms in total. The van der Waals surface area contributed by atoms with Crippen molar-refractivity contribution in [3.63, 3.8) is 0 Å². The standard InChI is InChI=1S/C27H23F3N2O3S/c28-21-9-5-18(6-10-21)16-31-26(33)19-7-11-22(12-8-19)36(34,35)32-17-24(20-13-14-27(29,30)15-20)23-3-1-2-4-25(23)32/h1-12,17,20H,13-16H2,(H,31,33). The van der Waals surface area contributed by atoms with Crippen LogP contribution in [0.4, 0.5) is 13.2 Å². The van der Waals surface area contributed by atoms with Gasteiger partial charge in [-0.1, -0.05) is 30.3 Å². The lowest BCUT2D eigenvalue weighted by Gasteiger charge is -2.10. The highest BCUT2D eigenvalue weighted by Crippen LogP contribution is 2.46. The van der Waals surface area contributed by atoms with Gasteiger partial charge in [0.1, 0.15) is 5.82 Å². The van der Waals surface area contributed by atoms with Gasteiger partial charge in [-0.05, 0) is 65.9 Å². The first kappa shape index (κ1) is 24.1. The summed E-state index contributed by atoms with van der Waals surface area (Å²) in [5.74, 6) is -3.95. The first-order valence-corrected chi connectivity index (χ1v) is 12.9. The first-order valence-electron chi connectivity index (χ1n) is 11.5. The quantitative estimate of drug-likeness (QED) is 0.352. The fraction of sp³-hybridized carbons (Fsp3) is 0.222. The molecule has 0 bridgehead atoms. The lowest BCUT2D eigenvalue weighted by atomic mass is 9.97. The van der Waals surface area contributed by atoms with Crippen molar-refractivity contribution in [3.8, 4) is 0 Å². The lowest BCUT2D eigenvalue weighted by Crippen LogP contribution is -2.22. The summed E-state index contributed by atoms with van der Waals surface area (Å²) >= 11 is 0. The number of carbonyl (C=O) groups excluding carboxylic acids is 1. The van der Waals surface area contributed by atoms with Crippen LogP contribution >= 0.6 is 0 Å². The molecule has 1 aromatic heterocycles. The molecule has 0 aliphatic heterocycles. The largest absolute Gasteiger partial charge is 0.348 e. The van der Waals surface area contributed by atoms with Gasteiger partial charge in [0.2, 0.25) is 5.92 Å². The number of halogens is 3. The summed E-state index contributed by atoms with van der Waals surface area (Å²) in [4.78, 5) is 12.5.